The van der Waals surface area contributed by atoms with Crippen molar-refractivity contribution in [2.75, 3.05) is 10.6 Å². The summed E-state index contributed by atoms with van der Waals surface area (Å²) in [6.07, 6.45) is -10.2. The van der Waals surface area contributed by atoms with Crippen LogP contribution < -0.4 is 15.4 Å². The summed E-state index contributed by atoms with van der Waals surface area (Å²) in [5, 5.41) is 45.8. The molecule has 1 saturated heterocycles. The second-order valence-electron chi connectivity index (χ2n) is 10.2. The lowest BCUT2D eigenvalue weighted by atomic mass is 9.99. The van der Waals surface area contributed by atoms with Crippen LogP contribution in [0.2, 0.25) is 0 Å². The lowest BCUT2D eigenvalue weighted by molar-refractivity contribution is -0.384. The molecular weight excluding hydrogens is 666 g/mol. The van der Waals surface area contributed by atoms with Gasteiger partial charge in [0.25, 0.3) is 5.69 Å². The van der Waals surface area contributed by atoms with Gasteiger partial charge in [-0.3, -0.25) is 20.7 Å². The van der Waals surface area contributed by atoms with Gasteiger partial charge in [-0.25, -0.2) is 19.2 Å². The summed E-state index contributed by atoms with van der Waals surface area (Å²) >= 11 is 0. The van der Waals surface area contributed by atoms with Crippen molar-refractivity contribution < 1.29 is 67.8 Å². The summed E-state index contributed by atoms with van der Waals surface area (Å²) < 4.78 is 29.9. The predicted octanol–water partition coefficient (Wildman–Crippen LogP) is 2.94. The van der Waals surface area contributed by atoms with Crippen molar-refractivity contribution in [3.05, 3.63) is 94.0 Å². The largest absolute Gasteiger partial charge is 0.514 e. The number of hydrogen-bond acceptors (Lipinski definition) is 15. The molecule has 5 N–H and O–H groups in total. The minimum Gasteiger partial charge on any atom is -0.444 e. The van der Waals surface area contributed by atoms with Crippen molar-refractivity contribution in [1.29, 1.82) is 0 Å². The van der Waals surface area contributed by atoms with Gasteiger partial charge in [-0.15, -0.1) is 0 Å². The molecule has 1 aliphatic rings. The number of aliphatic hydroxyl groups excluding tert-OH is 3. The number of ether oxygens (including phenoxy) is 6. The molecule has 5 unspecified atom stereocenters. The van der Waals surface area contributed by atoms with E-state index < -0.39 is 59.9 Å². The first kappa shape index (κ1) is 36.6. The Bertz CT molecular complexity index is 1740. The summed E-state index contributed by atoms with van der Waals surface area (Å²) in [5.74, 6) is 1.20. The highest BCUT2D eigenvalue weighted by Crippen LogP contribution is 2.24. The predicted molar refractivity (Wildman–Crippen MR) is 167 cm³/mol. The summed E-state index contributed by atoms with van der Waals surface area (Å²) in [5.41, 5.74) is 1.58. The molecule has 1 heterocycles. The summed E-state index contributed by atoms with van der Waals surface area (Å²) in [4.78, 5) is 58.7. The maximum absolute atomic E-state index is 12.4. The van der Waals surface area contributed by atoms with Crippen LogP contribution in [0.3, 0.4) is 0 Å². The number of benzene rings is 3. The Balaban J connectivity index is 1.17. The minimum atomic E-state index is -1.90. The van der Waals surface area contributed by atoms with Gasteiger partial charge >= 0.3 is 24.3 Å². The first-order valence-corrected chi connectivity index (χ1v) is 14.4. The Morgan fingerprint density at radius 1 is 0.800 bits per heavy atom. The van der Waals surface area contributed by atoms with Crippen molar-refractivity contribution >= 4 is 41.4 Å². The quantitative estimate of drug-likeness (QED) is 0.0511. The number of carbonyl (C=O) groups is 4. The van der Waals surface area contributed by atoms with Crippen LogP contribution >= 0.6 is 0 Å². The second kappa shape index (κ2) is 17.2. The molecule has 3 aromatic carbocycles. The molecule has 50 heavy (non-hydrogen) atoms. The maximum Gasteiger partial charge on any atom is 0.514 e. The SMILES string of the molecule is CC#COC(=O)C1OC(OC(=O)Nc2ccc(COC(=O)Nc3ccc(COC(=O)Oc4ccc([N+](=O)[O-])cc4)cc3)cc2)C(O)C(O)C1O. The van der Waals surface area contributed by atoms with Gasteiger partial charge in [0.2, 0.25) is 6.29 Å². The standard InChI is InChI=1S/C32H29N3O15/c1-2-15-45-28(39)27-25(37)24(36)26(38)29(49-27)50-31(41)34-21-9-3-18(4-10-21)16-46-30(40)33-20-7-5-19(6-8-20)17-47-32(42)48-23-13-11-22(12-14-23)35(43)44/h3-14,24-27,29,36-38H,16-17H2,1H3,(H,33,40)(H,34,41). The fourth-order valence-corrected chi connectivity index (χ4v) is 4.13. The number of aliphatic hydroxyl groups is 3. The monoisotopic (exact) mass is 695 g/mol. The van der Waals surface area contributed by atoms with Crippen LogP contribution in [0.25, 0.3) is 0 Å². The van der Waals surface area contributed by atoms with Crippen molar-refractivity contribution in [1.82, 2.24) is 0 Å². The molecule has 0 aromatic heterocycles. The smallest absolute Gasteiger partial charge is 0.444 e. The normalized spacial score (nSPS) is 19.4. The average molecular weight is 696 g/mol. The first-order chi connectivity index (χ1) is 23.9. The molecule has 0 spiro atoms. The fraction of sp³-hybridized carbons (Fsp3) is 0.250. The number of nitro groups is 1. The molecule has 5 atom stereocenters. The Morgan fingerprint density at radius 3 is 1.92 bits per heavy atom. The van der Waals surface area contributed by atoms with Crippen LogP contribution in [-0.4, -0.2) is 75.3 Å². The van der Waals surface area contributed by atoms with Crippen molar-refractivity contribution in [2.24, 2.45) is 0 Å². The van der Waals surface area contributed by atoms with Gasteiger partial charge in [-0.05, 0) is 47.5 Å². The van der Waals surface area contributed by atoms with Gasteiger partial charge in [0.15, 0.2) is 6.10 Å². The number of esters is 1. The van der Waals surface area contributed by atoms with Gasteiger partial charge in [0.05, 0.1) is 4.92 Å². The van der Waals surface area contributed by atoms with Gasteiger partial charge in [0, 0.05) is 30.4 Å². The number of nitrogens with one attached hydrogen (secondary N) is 2. The average Bonchev–Trinajstić information content (AvgIpc) is 3.10. The van der Waals surface area contributed by atoms with E-state index in [0.717, 1.165) is 0 Å². The Kier molecular flexibility index (Phi) is 12.6. The zero-order chi connectivity index (χ0) is 36.2. The Labute approximate surface area is 282 Å². The summed E-state index contributed by atoms with van der Waals surface area (Å²) in [6.45, 7) is 1.11. The molecule has 3 aromatic rings. The van der Waals surface area contributed by atoms with Gasteiger partial charge in [-0.1, -0.05) is 30.2 Å². The lowest BCUT2D eigenvalue weighted by Gasteiger charge is -2.38. The van der Waals surface area contributed by atoms with Crippen molar-refractivity contribution in [2.45, 2.75) is 50.8 Å². The molecule has 0 bridgehead atoms. The third-order valence-corrected chi connectivity index (χ3v) is 6.65. The van der Waals surface area contributed by atoms with Gasteiger partial charge in [-0.2, -0.15) is 0 Å². The van der Waals surface area contributed by atoms with E-state index in [-0.39, 0.29) is 30.3 Å². The molecule has 1 fully saturated rings. The van der Waals surface area contributed by atoms with Crippen LogP contribution in [0.1, 0.15) is 18.1 Å². The number of hydrogen-bond donors (Lipinski definition) is 5. The highest BCUT2D eigenvalue weighted by molar-refractivity contribution is 5.85. The van der Waals surface area contributed by atoms with Crippen LogP contribution in [0.5, 0.6) is 5.75 Å². The summed E-state index contributed by atoms with van der Waals surface area (Å²) in [7, 11) is 0. The molecule has 18 nitrogen and oxygen atoms in total. The first-order valence-electron chi connectivity index (χ1n) is 14.4. The molecule has 2 amide bonds. The molecular formula is C32H29N3O15. The topological polar surface area (TPSA) is 252 Å². The van der Waals surface area contributed by atoms with E-state index in [0.29, 0.717) is 16.8 Å². The van der Waals surface area contributed by atoms with Crippen LogP contribution in [0, 0.1) is 22.1 Å². The Hall–Kier alpha value is -6.26. The highest BCUT2D eigenvalue weighted by atomic mass is 16.7. The third kappa shape index (κ3) is 10.4. The highest BCUT2D eigenvalue weighted by Gasteiger charge is 2.49. The van der Waals surface area contributed by atoms with E-state index in [2.05, 4.69) is 21.3 Å². The van der Waals surface area contributed by atoms with E-state index >= 15 is 0 Å². The number of amides is 2. The molecule has 4 rings (SSSR count). The van der Waals surface area contributed by atoms with Crippen molar-refractivity contribution in [3.8, 4) is 17.8 Å². The minimum absolute atomic E-state index is 0.0721. The number of anilines is 2. The molecule has 0 saturated carbocycles. The zero-order valence-electron chi connectivity index (χ0n) is 25.9. The molecule has 0 aliphatic carbocycles. The number of nitro benzene ring substituents is 1. The van der Waals surface area contributed by atoms with Gasteiger partial charge < -0.3 is 43.7 Å². The summed E-state index contributed by atoms with van der Waals surface area (Å²) in [6, 6.07) is 17.2. The van der Waals surface area contributed by atoms with Crippen molar-refractivity contribution in [3.63, 3.8) is 0 Å². The van der Waals surface area contributed by atoms with E-state index in [9.17, 15) is 44.6 Å². The van der Waals surface area contributed by atoms with Crippen LogP contribution in [-0.2, 0) is 41.7 Å². The fourth-order valence-electron chi connectivity index (χ4n) is 4.13. The number of rotatable bonds is 10. The maximum atomic E-state index is 12.4. The molecule has 18 heteroatoms. The molecule has 262 valence electrons. The molecule has 1 aliphatic heterocycles. The van der Waals surface area contributed by atoms with E-state index in [1.54, 1.807) is 24.3 Å². The van der Waals surface area contributed by atoms with E-state index in [1.807, 2.05) is 6.11 Å². The van der Waals surface area contributed by atoms with E-state index in [1.165, 1.54) is 55.5 Å². The number of carbonyl (C=O) groups excluding carboxylic acids is 4. The molecule has 0 radical (unpaired) electrons. The van der Waals surface area contributed by atoms with Crippen LogP contribution in [0.15, 0.2) is 72.8 Å². The lowest BCUT2D eigenvalue weighted by Crippen LogP contribution is -2.61. The third-order valence-electron chi connectivity index (χ3n) is 6.65. The Morgan fingerprint density at radius 2 is 1.36 bits per heavy atom. The second-order valence-corrected chi connectivity index (χ2v) is 10.2. The zero-order valence-corrected chi connectivity index (χ0v) is 25.9. The number of nitrogens with zero attached hydrogens (tertiary/aromatic N) is 1. The van der Waals surface area contributed by atoms with Crippen LogP contribution in [0.4, 0.5) is 31.4 Å². The van der Waals surface area contributed by atoms with Gasteiger partial charge in [0.1, 0.15) is 43.4 Å². The number of non-ortho nitro benzene ring substituents is 1. The van der Waals surface area contributed by atoms with E-state index in [4.69, 9.17) is 23.7 Å².